The van der Waals surface area contributed by atoms with Crippen LogP contribution in [-0.2, 0) is 4.79 Å². The predicted octanol–water partition coefficient (Wildman–Crippen LogP) is 3.94. The molecule has 4 nitrogen and oxygen atoms in total. The fourth-order valence-corrected chi connectivity index (χ4v) is 4.23. The Morgan fingerprint density at radius 3 is 2.26 bits per heavy atom. The molecule has 2 aromatic carbocycles. The van der Waals surface area contributed by atoms with Crippen molar-refractivity contribution in [3.63, 3.8) is 0 Å². The van der Waals surface area contributed by atoms with E-state index in [-0.39, 0.29) is 13.1 Å². The number of para-hydroxylation sites is 1. The molecule has 1 amide bonds. The van der Waals surface area contributed by atoms with Gasteiger partial charge in [-0.25, -0.2) is 4.99 Å². The number of benzene rings is 2. The highest BCUT2D eigenvalue weighted by molar-refractivity contribution is 7.99. The number of amidine groups is 1. The number of hydrogen-bond acceptors (Lipinski definition) is 4. The third kappa shape index (κ3) is 3.53. The quantitative estimate of drug-likeness (QED) is 0.683. The molecule has 2 aromatic rings. The summed E-state index contributed by atoms with van der Waals surface area (Å²) in [5.41, 5.74) is 1.79. The molecule has 0 saturated carbocycles. The van der Waals surface area contributed by atoms with Crippen LogP contribution in [-0.4, -0.2) is 53.9 Å². The number of aliphatic imine (C=N–C) groups is 1. The summed E-state index contributed by atoms with van der Waals surface area (Å²) in [7, 11) is 0. The molecular formula is C19H16F3N3OS. The van der Waals surface area contributed by atoms with Crippen LogP contribution in [0.1, 0.15) is 5.56 Å². The Bertz CT molecular complexity index is 905. The van der Waals surface area contributed by atoms with Crippen molar-refractivity contribution in [1.29, 1.82) is 0 Å². The smallest absolute Gasteiger partial charge is 0.353 e. The highest BCUT2D eigenvalue weighted by atomic mass is 32.2. The first-order valence-electron chi connectivity index (χ1n) is 8.49. The van der Waals surface area contributed by atoms with Crippen LogP contribution in [0.25, 0.3) is 0 Å². The minimum atomic E-state index is -4.83. The zero-order chi connectivity index (χ0) is 19.0. The van der Waals surface area contributed by atoms with Gasteiger partial charge in [0.05, 0.1) is 5.69 Å². The Morgan fingerprint density at radius 2 is 1.56 bits per heavy atom. The number of hydrogen-bond donors (Lipinski definition) is 0. The topological polar surface area (TPSA) is 35.9 Å². The van der Waals surface area contributed by atoms with Crippen LogP contribution in [0.2, 0.25) is 0 Å². The second-order valence-corrected chi connectivity index (χ2v) is 7.36. The second kappa shape index (κ2) is 6.92. The predicted molar refractivity (Wildman–Crippen MR) is 97.4 cm³/mol. The van der Waals surface area contributed by atoms with Gasteiger partial charge in [-0.3, -0.25) is 4.79 Å². The van der Waals surface area contributed by atoms with Gasteiger partial charge in [0, 0.05) is 41.5 Å². The van der Waals surface area contributed by atoms with Crippen molar-refractivity contribution in [3.05, 3.63) is 54.1 Å². The SMILES string of the molecule is O=C(N1CCN(C2=Nc3ccccc3Sc3ccccc32)CC1)C(F)(F)F. The molecule has 8 heteroatoms. The van der Waals surface area contributed by atoms with Crippen molar-refractivity contribution < 1.29 is 18.0 Å². The first kappa shape index (κ1) is 17.9. The summed E-state index contributed by atoms with van der Waals surface area (Å²) in [5.74, 6) is -1.03. The van der Waals surface area contributed by atoms with Crippen LogP contribution < -0.4 is 0 Å². The van der Waals surface area contributed by atoms with Crippen molar-refractivity contribution >= 4 is 29.2 Å². The first-order valence-corrected chi connectivity index (χ1v) is 9.31. The monoisotopic (exact) mass is 391 g/mol. The van der Waals surface area contributed by atoms with E-state index in [9.17, 15) is 18.0 Å². The Labute approximate surface area is 158 Å². The molecule has 0 aromatic heterocycles. The largest absolute Gasteiger partial charge is 0.471 e. The Morgan fingerprint density at radius 1 is 0.926 bits per heavy atom. The van der Waals surface area contributed by atoms with Crippen LogP contribution in [0.15, 0.2) is 63.3 Å². The van der Waals surface area contributed by atoms with Gasteiger partial charge >= 0.3 is 12.1 Å². The molecule has 0 atom stereocenters. The van der Waals surface area contributed by atoms with Crippen molar-refractivity contribution in [2.45, 2.75) is 16.0 Å². The maximum absolute atomic E-state index is 12.7. The summed E-state index contributed by atoms with van der Waals surface area (Å²) in [6.45, 7) is 0.659. The fraction of sp³-hybridized carbons (Fsp3) is 0.263. The number of fused-ring (bicyclic) bond motifs is 2. The third-order valence-corrected chi connectivity index (χ3v) is 5.69. The van der Waals surface area contributed by atoms with Gasteiger partial charge in [-0.05, 0) is 18.2 Å². The zero-order valence-electron chi connectivity index (χ0n) is 14.2. The standard InChI is InChI=1S/C19H16F3N3OS/c20-19(21,22)18(26)25-11-9-24(10-12-25)17-13-5-1-3-7-15(13)27-16-8-4-2-6-14(16)23-17/h1-8H,9-12H2. The van der Waals surface area contributed by atoms with E-state index in [1.165, 1.54) is 0 Å². The van der Waals surface area contributed by atoms with E-state index >= 15 is 0 Å². The van der Waals surface area contributed by atoms with Crippen molar-refractivity contribution in [2.24, 2.45) is 4.99 Å². The van der Waals surface area contributed by atoms with Gasteiger partial charge in [0.15, 0.2) is 0 Å². The van der Waals surface area contributed by atoms with Gasteiger partial charge in [-0.2, -0.15) is 13.2 Å². The number of amides is 1. The summed E-state index contributed by atoms with van der Waals surface area (Å²) in [5, 5.41) is 0. The molecule has 1 fully saturated rings. The van der Waals surface area contributed by atoms with Crippen molar-refractivity contribution in [3.8, 4) is 0 Å². The molecule has 0 bridgehead atoms. The Kier molecular flexibility index (Phi) is 4.59. The minimum absolute atomic E-state index is 0.0221. The number of rotatable bonds is 0. The maximum atomic E-state index is 12.7. The maximum Gasteiger partial charge on any atom is 0.471 e. The number of carbonyl (C=O) groups is 1. The number of piperazine rings is 1. The van der Waals surface area contributed by atoms with E-state index < -0.39 is 12.1 Å². The molecule has 27 heavy (non-hydrogen) atoms. The highest BCUT2D eigenvalue weighted by Crippen LogP contribution is 2.40. The van der Waals surface area contributed by atoms with Gasteiger partial charge in [0.1, 0.15) is 5.84 Å². The van der Waals surface area contributed by atoms with Gasteiger partial charge < -0.3 is 9.80 Å². The Balaban J connectivity index is 1.63. The number of nitrogens with zero attached hydrogens (tertiary/aromatic N) is 3. The molecule has 0 N–H and O–H groups in total. The lowest BCUT2D eigenvalue weighted by Crippen LogP contribution is -2.53. The lowest BCUT2D eigenvalue weighted by Gasteiger charge is -2.36. The number of alkyl halides is 3. The number of carbonyl (C=O) groups excluding carboxylic acids is 1. The van der Waals surface area contributed by atoms with Gasteiger partial charge in [0.25, 0.3) is 0 Å². The molecule has 1 saturated heterocycles. The van der Waals surface area contributed by atoms with Crippen LogP contribution in [0.4, 0.5) is 18.9 Å². The van der Waals surface area contributed by atoms with Gasteiger partial charge in [-0.15, -0.1) is 0 Å². The lowest BCUT2D eigenvalue weighted by molar-refractivity contribution is -0.186. The van der Waals surface area contributed by atoms with Crippen LogP contribution >= 0.6 is 11.8 Å². The van der Waals surface area contributed by atoms with Gasteiger partial charge in [-0.1, -0.05) is 42.1 Å². The van der Waals surface area contributed by atoms with E-state index in [4.69, 9.17) is 4.99 Å². The Hall–Kier alpha value is -2.48. The van der Waals surface area contributed by atoms with Crippen molar-refractivity contribution in [2.75, 3.05) is 26.2 Å². The summed E-state index contributed by atoms with van der Waals surface area (Å²) in [6.07, 6.45) is -4.83. The summed E-state index contributed by atoms with van der Waals surface area (Å²) >= 11 is 1.63. The van der Waals surface area contributed by atoms with Crippen molar-refractivity contribution in [1.82, 2.24) is 9.80 Å². The van der Waals surface area contributed by atoms with Crippen LogP contribution in [0.3, 0.4) is 0 Å². The first-order chi connectivity index (χ1) is 12.9. The van der Waals surface area contributed by atoms with E-state index in [0.717, 1.165) is 31.8 Å². The van der Waals surface area contributed by atoms with Gasteiger partial charge in [0.2, 0.25) is 0 Å². The molecule has 2 aliphatic rings. The summed E-state index contributed by atoms with van der Waals surface area (Å²) in [4.78, 5) is 21.2. The molecule has 0 unspecified atom stereocenters. The molecule has 0 aliphatic carbocycles. The van der Waals surface area contributed by atoms with E-state index in [0.29, 0.717) is 13.1 Å². The minimum Gasteiger partial charge on any atom is -0.353 e. The van der Waals surface area contributed by atoms with Crippen LogP contribution in [0.5, 0.6) is 0 Å². The number of halogens is 3. The van der Waals surface area contributed by atoms with E-state index in [1.54, 1.807) is 11.8 Å². The second-order valence-electron chi connectivity index (χ2n) is 6.28. The molecule has 0 spiro atoms. The van der Waals surface area contributed by atoms with E-state index in [1.807, 2.05) is 53.4 Å². The lowest BCUT2D eigenvalue weighted by atomic mass is 10.1. The van der Waals surface area contributed by atoms with Crippen LogP contribution in [0, 0.1) is 0 Å². The average molecular weight is 391 g/mol. The average Bonchev–Trinajstić information content (AvgIpc) is 2.83. The summed E-state index contributed by atoms with van der Waals surface area (Å²) < 4.78 is 38.0. The molecule has 2 heterocycles. The molecule has 2 aliphatic heterocycles. The highest BCUT2D eigenvalue weighted by Gasteiger charge is 2.43. The zero-order valence-corrected chi connectivity index (χ0v) is 15.1. The molecule has 140 valence electrons. The molecular weight excluding hydrogens is 375 g/mol. The third-order valence-electron chi connectivity index (χ3n) is 4.55. The van der Waals surface area contributed by atoms with E-state index in [2.05, 4.69) is 0 Å². The fourth-order valence-electron chi connectivity index (χ4n) is 3.21. The molecule has 0 radical (unpaired) electrons. The normalized spacial score (nSPS) is 16.9. The molecule has 4 rings (SSSR count). The summed E-state index contributed by atoms with van der Waals surface area (Å²) in [6, 6.07) is 15.7.